The van der Waals surface area contributed by atoms with Crippen LogP contribution in [0.5, 0.6) is 11.5 Å². The first kappa shape index (κ1) is 30.2. The number of carbonyl (C=O) groups excluding carboxylic acids is 2. The van der Waals surface area contributed by atoms with Crippen LogP contribution in [0.3, 0.4) is 0 Å². The number of alkyl halides is 3. The first-order valence-corrected chi connectivity index (χ1v) is 13.6. The van der Waals surface area contributed by atoms with Crippen LogP contribution in [0.15, 0.2) is 47.4 Å². The molecule has 2 aromatic carbocycles. The Bertz CT molecular complexity index is 1260. The Balaban J connectivity index is 1.70. The smallest absolute Gasteiger partial charge is 0.422 e. The van der Waals surface area contributed by atoms with Gasteiger partial charge in [-0.1, -0.05) is 17.7 Å². The second-order valence-corrected chi connectivity index (χ2v) is 10.8. The number of sulfonamides is 1. The second-order valence-electron chi connectivity index (χ2n) is 9.02. The van der Waals surface area contributed by atoms with Crippen molar-refractivity contribution >= 4 is 21.8 Å². The minimum atomic E-state index is -4.62. The average Bonchev–Trinajstić information content (AvgIpc) is 2.90. The molecule has 214 valence electrons. The van der Waals surface area contributed by atoms with Gasteiger partial charge in [-0.15, -0.1) is 0 Å². The van der Waals surface area contributed by atoms with Crippen molar-refractivity contribution in [2.75, 3.05) is 39.9 Å². The molecule has 1 aliphatic rings. The molecule has 0 aromatic heterocycles. The lowest BCUT2D eigenvalue weighted by molar-refractivity contribution is -0.153. The highest BCUT2D eigenvalue weighted by Crippen LogP contribution is 2.28. The lowest BCUT2D eigenvalue weighted by Crippen LogP contribution is -2.63. The number of carbonyl (C=O) groups is 2. The van der Waals surface area contributed by atoms with Crippen molar-refractivity contribution in [3.63, 3.8) is 0 Å². The molecule has 0 radical (unpaired) electrons. The predicted octanol–water partition coefficient (Wildman–Crippen LogP) is 1.89. The van der Waals surface area contributed by atoms with Crippen LogP contribution in [-0.2, 0) is 14.8 Å². The van der Waals surface area contributed by atoms with E-state index in [4.69, 9.17) is 9.47 Å². The van der Waals surface area contributed by atoms with Crippen molar-refractivity contribution in [2.45, 2.75) is 36.4 Å². The Morgan fingerprint density at radius 2 is 1.72 bits per heavy atom. The number of amides is 2. The summed E-state index contributed by atoms with van der Waals surface area (Å²) in [6, 6.07) is 10.1. The molecule has 2 aromatic rings. The van der Waals surface area contributed by atoms with E-state index in [9.17, 15) is 31.2 Å². The summed E-state index contributed by atoms with van der Waals surface area (Å²) in [6.45, 7) is 0.850. The molecule has 39 heavy (non-hydrogen) atoms. The van der Waals surface area contributed by atoms with Crippen LogP contribution in [0.25, 0.3) is 0 Å². The summed E-state index contributed by atoms with van der Waals surface area (Å²) in [7, 11) is -2.45. The van der Waals surface area contributed by atoms with Gasteiger partial charge in [-0.3, -0.25) is 9.59 Å². The molecule has 0 spiro atoms. The fourth-order valence-corrected chi connectivity index (χ4v) is 5.01. The van der Waals surface area contributed by atoms with Gasteiger partial charge in [0.25, 0.3) is 5.91 Å². The molecule has 0 aliphatic carbocycles. The normalized spacial score (nSPS) is 15.3. The van der Waals surface area contributed by atoms with Crippen molar-refractivity contribution in [3.05, 3.63) is 53.6 Å². The minimum Gasteiger partial charge on any atom is -0.497 e. The summed E-state index contributed by atoms with van der Waals surface area (Å²) in [4.78, 5) is 26.6. The number of piperidine rings is 1. The van der Waals surface area contributed by atoms with Crippen molar-refractivity contribution in [1.82, 2.24) is 20.7 Å². The molecule has 2 amide bonds. The number of hydrogen-bond donors (Lipinski definition) is 4. The molecule has 1 aliphatic heterocycles. The van der Waals surface area contributed by atoms with E-state index in [1.807, 2.05) is 6.92 Å². The van der Waals surface area contributed by atoms with Gasteiger partial charge < -0.3 is 25.4 Å². The van der Waals surface area contributed by atoms with Crippen LogP contribution in [0, 0.1) is 6.92 Å². The number of ether oxygens (including phenoxy) is 2. The van der Waals surface area contributed by atoms with E-state index in [2.05, 4.69) is 20.7 Å². The van der Waals surface area contributed by atoms with Crippen molar-refractivity contribution < 1.29 is 40.7 Å². The summed E-state index contributed by atoms with van der Waals surface area (Å²) >= 11 is 0. The highest BCUT2D eigenvalue weighted by Gasteiger charge is 2.41. The van der Waals surface area contributed by atoms with Crippen molar-refractivity contribution in [2.24, 2.45) is 0 Å². The molecule has 0 bridgehead atoms. The fraction of sp³-hybridized carbons (Fsp3) is 0.440. The number of aryl methyl sites for hydroxylation is 1. The number of halogens is 3. The Labute approximate surface area is 224 Å². The Morgan fingerprint density at radius 1 is 1.05 bits per heavy atom. The van der Waals surface area contributed by atoms with E-state index in [1.165, 1.54) is 37.4 Å². The van der Waals surface area contributed by atoms with Gasteiger partial charge in [0, 0.05) is 13.1 Å². The molecular formula is C25H31F3N4O6S. The molecule has 1 heterocycles. The van der Waals surface area contributed by atoms with Crippen molar-refractivity contribution in [3.8, 4) is 11.5 Å². The lowest BCUT2D eigenvalue weighted by atomic mass is 9.86. The third-order valence-corrected chi connectivity index (χ3v) is 7.58. The molecule has 10 nitrogen and oxygen atoms in total. The van der Waals surface area contributed by atoms with Gasteiger partial charge in [0.1, 0.15) is 17.0 Å². The van der Waals surface area contributed by atoms with Crippen LogP contribution in [0.1, 0.15) is 28.8 Å². The molecule has 0 atom stereocenters. The van der Waals surface area contributed by atoms with Gasteiger partial charge in [-0.2, -0.15) is 13.2 Å². The number of hydrogen-bond acceptors (Lipinski definition) is 7. The molecule has 1 saturated heterocycles. The molecule has 14 heteroatoms. The maximum Gasteiger partial charge on any atom is 0.422 e. The van der Waals surface area contributed by atoms with Crippen LogP contribution in [-0.4, -0.2) is 71.8 Å². The number of benzene rings is 2. The highest BCUT2D eigenvalue weighted by atomic mass is 32.2. The van der Waals surface area contributed by atoms with Gasteiger partial charge in [0.05, 0.1) is 17.6 Å². The first-order chi connectivity index (χ1) is 18.3. The Kier molecular flexibility index (Phi) is 9.80. The number of nitrogens with one attached hydrogen (secondary N) is 4. The van der Waals surface area contributed by atoms with Gasteiger partial charge in [0.2, 0.25) is 15.9 Å². The quantitative estimate of drug-likeness (QED) is 0.302. The number of methoxy groups -OCH3 is 1. The van der Waals surface area contributed by atoms with Gasteiger partial charge in [-0.05, 0) is 63.2 Å². The van der Waals surface area contributed by atoms with E-state index in [1.54, 1.807) is 12.1 Å². The van der Waals surface area contributed by atoms with E-state index in [-0.39, 0.29) is 47.9 Å². The third-order valence-electron chi connectivity index (χ3n) is 6.10. The summed E-state index contributed by atoms with van der Waals surface area (Å²) in [6.07, 6.45) is -4.23. The van der Waals surface area contributed by atoms with Gasteiger partial charge in [-0.25, -0.2) is 13.1 Å². The molecule has 0 saturated carbocycles. The molecular weight excluding hydrogens is 541 g/mol. The maximum atomic E-state index is 13.3. The number of rotatable bonds is 11. The molecule has 3 rings (SSSR count). The minimum absolute atomic E-state index is 0.0614. The fourth-order valence-electron chi connectivity index (χ4n) is 3.98. The SMILES string of the molecule is COc1ccc(OCC(F)(F)F)c(C(=O)NC2(C(=O)NCCNS(=O)(=O)c3ccc(C)cc3)CCNCC2)c1. The van der Waals surface area contributed by atoms with Crippen molar-refractivity contribution in [1.29, 1.82) is 0 Å². The summed E-state index contributed by atoms with van der Waals surface area (Å²) < 4.78 is 75.5. The third kappa shape index (κ3) is 8.31. The first-order valence-electron chi connectivity index (χ1n) is 12.1. The van der Waals surface area contributed by atoms with E-state index < -0.39 is 40.2 Å². The average molecular weight is 573 g/mol. The monoisotopic (exact) mass is 572 g/mol. The summed E-state index contributed by atoms with van der Waals surface area (Å²) in [5.74, 6) is -1.47. The zero-order valence-electron chi connectivity index (χ0n) is 21.5. The van der Waals surface area contributed by atoms with Crippen LogP contribution >= 0.6 is 0 Å². The Hall–Kier alpha value is -3.36. The topological polar surface area (TPSA) is 135 Å². The Morgan fingerprint density at radius 3 is 2.33 bits per heavy atom. The van der Waals surface area contributed by atoms with E-state index in [0.717, 1.165) is 5.56 Å². The standard InChI is InChI=1S/C25H31F3N4O6S/c1-17-3-6-19(7-4-17)39(35,36)31-14-13-30-23(34)24(9-11-29-12-10-24)32-22(33)20-15-18(37-2)5-8-21(20)38-16-25(26,27)28/h3-8,15,29,31H,9-14,16H2,1-2H3,(H,30,34)(H,32,33). The van der Waals surface area contributed by atoms with Gasteiger partial charge in [0.15, 0.2) is 6.61 Å². The zero-order valence-corrected chi connectivity index (χ0v) is 22.3. The predicted molar refractivity (Wildman–Crippen MR) is 136 cm³/mol. The van der Waals surface area contributed by atoms with Crippen LogP contribution in [0.4, 0.5) is 13.2 Å². The highest BCUT2D eigenvalue weighted by molar-refractivity contribution is 7.89. The lowest BCUT2D eigenvalue weighted by Gasteiger charge is -2.37. The maximum absolute atomic E-state index is 13.3. The molecule has 4 N–H and O–H groups in total. The second kappa shape index (κ2) is 12.7. The van der Waals surface area contributed by atoms with Gasteiger partial charge >= 0.3 is 6.18 Å². The van der Waals surface area contributed by atoms with Crippen LogP contribution < -0.4 is 30.1 Å². The van der Waals surface area contributed by atoms with Crippen LogP contribution in [0.2, 0.25) is 0 Å². The zero-order chi connectivity index (χ0) is 28.7. The van der Waals surface area contributed by atoms with E-state index in [0.29, 0.717) is 13.1 Å². The van der Waals surface area contributed by atoms with E-state index >= 15 is 0 Å². The summed E-state index contributed by atoms with van der Waals surface area (Å²) in [5.41, 5.74) is -0.707. The molecule has 1 fully saturated rings. The molecule has 0 unspecified atom stereocenters. The largest absolute Gasteiger partial charge is 0.497 e. The summed E-state index contributed by atoms with van der Waals surface area (Å²) in [5, 5.41) is 8.42.